The SMILES string of the molecule is CC1(C)CCCCC1(C)OS(=O)(=O)O. The maximum absolute atomic E-state index is 10.7. The van der Waals surface area contributed by atoms with E-state index in [0.29, 0.717) is 6.42 Å². The molecule has 1 N–H and O–H groups in total. The van der Waals surface area contributed by atoms with Crippen molar-refractivity contribution in [1.82, 2.24) is 0 Å². The summed E-state index contributed by atoms with van der Waals surface area (Å²) in [6, 6.07) is 0. The Morgan fingerprint density at radius 2 is 1.64 bits per heavy atom. The number of hydrogen-bond donors (Lipinski definition) is 1. The van der Waals surface area contributed by atoms with E-state index in [1.807, 2.05) is 13.8 Å². The first-order valence-corrected chi connectivity index (χ1v) is 6.21. The summed E-state index contributed by atoms with van der Waals surface area (Å²) in [5.41, 5.74) is -1.00. The van der Waals surface area contributed by atoms with Gasteiger partial charge in [-0.05, 0) is 25.2 Å². The molecule has 1 rings (SSSR count). The van der Waals surface area contributed by atoms with Crippen LogP contribution in [0.3, 0.4) is 0 Å². The van der Waals surface area contributed by atoms with Gasteiger partial charge in [0.15, 0.2) is 0 Å². The summed E-state index contributed by atoms with van der Waals surface area (Å²) in [6.45, 7) is 5.69. The third-order valence-corrected chi connectivity index (χ3v) is 4.00. The van der Waals surface area contributed by atoms with Gasteiger partial charge in [0.2, 0.25) is 0 Å². The molecule has 0 aromatic rings. The zero-order valence-corrected chi connectivity index (χ0v) is 9.73. The van der Waals surface area contributed by atoms with E-state index in [0.717, 1.165) is 19.3 Å². The Bertz CT molecular complexity index is 307. The van der Waals surface area contributed by atoms with Crippen molar-refractivity contribution in [1.29, 1.82) is 0 Å². The second-order valence-electron chi connectivity index (χ2n) is 4.83. The predicted molar refractivity (Wildman–Crippen MR) is 53.3 cm³/mol. The van der Waals surface area contributed by atoms with Gasteiger partial charge in [-0.1, -0.05) is 26.7 Å². The zero-order valence-electron chi connectivity index (χ0n) is 8.91. The van der Waals surface area contributed by atoms with Gasteiger partial charge in [0, 0.05) is 0 Å². The van der Waals surface area contributed by atoms with E-state index < -0.39 is 16.0 Å². The largest absolute Gasteiger partial charge is 0.397 e. The molecule has 1 atom stereocenters. The van der Waals surface area contributed by atoms with E-state index >= 15 is 0 Å². The van der Waals surface area contributed by atoms with Crippen LogP contribution in [0.15, 0.2) is 0 Å². The van der Waals surface area contributed by atoms with Crippen molar-refractivity contribution in [2.45, 2.75) is 52.1 Å². The Kier molecular flexibility index (Phi) is 2.96. The molecule has 0 bridgehead atoms. The second kappa shape index (κ2) is 3.47. The average molecular weight is 222 g/mol. The highest BCUT2D eigenvalue weighted by atomic mass is 32.3. The van der Waals surface area contributed by atoms with E-state index in [4.69, 9.17) is 8.74 Å². The van der Waals surface area contributed by atoms with Crippen LogP contribution >= 0.6 is 0 Å². The van der Waals surface area contributed by atoms with Gasteiger partial charge < -0.3 is 0 Å². The molecule has 1 aliphatic carbocycles. The van der Waals surface area contributed by atoms with Crippen molar-refractivity contribution < 1.29 is 17.2 Å². The standard InChI is InChI=1S/C9H18O4S/c1-8(2)6-4-5-7-9(8,3)13-14(10,11)12/h4-7H2,1-3H3,(H,10,11,12). The minimum absolute atomic E-state index is 0.221. The fourth-order valence-corrected chi connectivity index (χ4v) is 2.79. The molecule has 14 heavy (non-hydrogen) atoms. The van der Waals surface area contributed by atoms with Crippen LogP contribution < -0.4 is 0 Å². The summed E-state index contributed by atoms with van der Waals surface area (Å²) < 4.78 is 35.0. The topological polar surface area (TPSA) is 63.6 Å². The first kappa shape index (κ1) is 11.9. The summed E-state index contributed by atoms with van der Waals surface area (Å²) in [7, 11) is -4.35. The normalized spacial score (nSPS) is 32.9. The fraction of sp³-hybridized carbons (Fsp3) is 1.00. The molecule has 4 nitrogen and oxygen atoms in total. The van der Waals surface area contributed by atoms with Gasteiger partial charge >= 0.3 is 10.4 Å². The molecule has 1 unspecified atom stereocenters. The molecule has 1 aliphatic rings. The van der Waals surface area contributed by atoms with Crippen molar-refractivity contribution >= 4 is 10.4 Å². The Morgan fingerprint density at radius 1 is 1.14 bits per heavy atom. The molecule has 0 aromatic heterocycles. The molecular weight excluding hydrogens is 204 g/mol. The van der Waals surface area contributed by atoms with E-state index in [1.165, 1.54) is 0 Å². The third-order valence-electron chi connectivity index (χ3n) is 3.43. The lowest BCUT2D eigenvalue weighted by atomic mass is 9.66. The highest BCUT2D eigenvalue weighted by molar-refractivity contribution is 7.80. The van der Waals surface area contributed by atoms with Gasteiger partial charge in [-0.2, -0.15) is 8.42 Å². The Labute approximate surface area is 85.6 Å². The van der Waals surface area contributed by atoms with Crippen molar-refractivity contribution in [3.63, 3.8) is 0 Å². The molecule has 0 aliphatic heterocycles. The minimum Gasteiger partial charge on any atom is -0.264 e. The van der Waals surface area contributed by atoms with Crippen LogP contribution in [0, 0.1) is 5.41 Å². The third kappa shape index (κ3) is 2.46. The maximum Gasteiger partial charge on any atom is 0.397 e. The van der Waals surface area contributed by atoms with E-state index in [1.54, 1.807) is 6.92 Å². The molecule has 1 saturated carbocycles. The van der Waals surface area contributed by atoms with Gasteiger partial charge in [0.05, 0.1) is 5.60 Å². The molecule has 0 saturated heterocycles. The average Bonchev–Trinajstić information content (AvgIpc) is 1.92. The Morgan fingerprint density at radius 3 is 2.07 bits per heavy atom. The highest BCUT2D eigenvalue weighted by Gasteiger charge is 2.46. The summed E-state index contributed by atoms with van der Waals surface area (Å²) >= 11 is 0. The maximum atomic E-state index is 10.7. The molecule has 1 fully saturated rings. The number of hydrogen-bond acceptors (Lipinski definition) is 3. The predicted octanol–water partition coefficient (Wildman–Crippen LogP) is 2.16. The smallest absolute Gasteiger partial charge is 0.264 e. The van der Waals surface area contributed by atoms with Crippen LogP contribution in [0.2, 0.25) is 0 Å². The van der Waals surface area contributed by atoms with Crippen molar-refractivity contribution in [2.75, 3.05) is 0 Å². The zero-order chi connectivity index (χ0) is 11.0. The summed E-state index contributed by atoms with van der Waals surface area (Å²) in [5, 5.41) is 0. The lowest BCUT2D eigenvalue weighted by Gasteiger charge is -2.46. The van der Waals surface area contributed by atoms with Gasteiger partial charge in [-0.25, -0.2) is 4.18 Å². The summed E-state index contributed by atoms with van der Waals surface area (Å²) in [6.07, 6.45) is 3.60. The second-order valence-corrected chi connectivity index (χ2v) is 5.86. The van der Waals surface area contributed by atoms with Crippen molar-refractivity contribution in [3.8, 4) is 0 Å². The lowest BCUT2D eigenvalue weighted by molar-refractivity contribution is -0.0611. The first-order valence-electron chi connectivity index (χ1n) is 4.84. The Balaban J connectivity index is 2.90. The van der Waals surface area contributed by atoms with E-state index in [9.17, 15) is 8.42 Å². The van der Waals surface area contributed by atoms with Crippen LogP contribution in [0.1, 0.15) is 46.5 Å². The highest BCUT2D eigenvalue weighted by Crippen LogP contribution is 2.46. The monoisotopic (exact) mass is 222 g/mol. The molecule has 5 heteroatoms. The molecule has 0 amide bonds. The summed E-state index contributed by atoms with van der Waals surface area (Å²) in [4.78, 5) is 0. The molecule has 0 spiro atoms. The van der Waals surface area contributed by atoms with Crippen molar-refractivity contribution in [2.24, 2.45) is 5.41 Å². The summed E-state index contributed by atoms with van der Waals surface area (Å²) in [5.74, 6) is 0. The number of rotatable bonds is 2. The molecule has 0 radical (unpaired) electrons. The van der Waals surface area contributed by atoms with Gasteiger partial charge in [-0.3, -0.25) is 4.55 Å². The quantitative estimate of drug-likeness (QED) is 0.727. The molecule has 0 heterocycles. The van der Waals surface area contributed by atoms with Gasteiger partial charge in [0.1, 0.15) is 0 Å². The van der Waals surface area contributed by atoms with Crippen LogP contribution in [0.5, 0.6) is 0 Å². The van der Waals surface area contributed by atoms with Crippen LogP contribution in [-0.4, -0.2) is 18.6 Å². The Hall–Kier alpha value is -0.130. The van der Waals surface area contributed by atoms with Gasteiger partial charge in [0.25, 0.3) is 0 Å². The molecular formula is C9H18O4S. The minimum atomic E-state index is -4.35. The van der Waals surface area contributed by atoms with Crippen molar-refractivity contribution in [3.05, 3.63) is 0 Å². The van der Waals surface area contributed by atoms with Crippen LogP contribution in [-0.2, 0) is 14.6 Å². The molecule has 84 valence electrons. The first-order chi connectivity index (χ1) is 6.16. The van der Waals surface area contributed by atoms with Crippen LogP contribution in [0.25, 0.3) is 0 Å². The lowest BCUT2D eigenvalue weighted by Crippen LogP contribution is -2.47. The van der Waals surface area contributed by atoms with Gasteiger partial charge in [-0.15, -0.1) is 0 Å². The van der Waals surface area contributed by atoms with Crippen LogP contribution in [0.4, 0.5) is 0 Å². The molecule has 0 aromatic carbocycles. The van der Waals surface area contributed by atoms with E-state index in [2.05, 4.69) is 0 Å². The van der Waals surface area contributed by atoms with E-state index in [-0.39, 0.29) is 5.41 Å². The fourth-order valence-electron chi connectivity index (χ4n) is 2.02.